The van der Waals surface area contributed by atoms with Crippen molar-refractivity contribution in [1.29, 1.82) is 0 Å². The summed E-state index contributed by atoms with van der Waals surface area (Å²) in [4.78, 5) is 0. The van der Waals surface area contributed by atoms with Gasteiger partial charge in [-0.15, -0.1) is 0 Å². The molecule has 1 saturated heterocycles. The zero-order chi connectivity index (χ0) is 6.91. The third-order valence-electron chi connectivity index (χ3n) is 1.71. The summed E-state index contributed by atoms with van der Waals surface area (Å²) in [5.74, 6) is 2.36. The molecule has 3 heteroatoms. The average molecular weight is 180 g/mol. The van der Waals surface area contributed by atoms with E-state index in [-0.39, 0.29) is 4.75 Å². The Kier molecular flexibility index (Phi) is 2.69. The molecule has 0 N–H and O–H groups in total. The van der Waals surface area contributed by atoms with Crippen LogP contribution in [-0.2, 0) is 0 Å². The summed E-state index contributed by atoms with van der Waals surface area (Å²) >= 11 is 11.0. The van der Waals surface area contributed by atoms with Crippen LogP contribution in [0.4, 0.5) is 0 Å². The molecule has 1 fully saturated rings. The summed E-state index contributed by atoms with van der Waals surface area (Å²) in [5, 5.41) is 0.488. The molecular formula is C6H12S3. The maximum Gasteiger partial charge on any atom is 0.0426 e. The van der Waals surface area contributed by atoms with E-state index in [2.05, 4.69) is 32.2 Å². The van der Waals surface area contributed by atoms with E-state index in [0.29, 0.717) is 5.25 Å². The Balaban J connectivity index is 2.38. The molecule has 1 aliphatic heterocycles. The van der Waals surface area contributed by atoms with Crippen molar-refractivity contribution in [1.82, 2.24) is 0 Å². The predicted molar refractivity (Wildman–Crippen MR) is 52.1 cm³/mol. The first-order valence-corrected chi connectivity index (χ1v) is 5.29. The fourth-order valence-electron chi connectivity index (χ4n) is 0.884. The van der Waals surface area contributed by atoms with E-state index in [1.165, 1.54) is 11.5 Å². The molecule has 0 aromatic carbocycles. The second-order valence-corrected chi connectivity index (χ2v) is 5.02. The first-order chi connectivity index (χ1) is 4.19. The smallest absolute Gasteiger partial charge is 0.0426 e. The van der Waals surface area contributed by atoms with E-state index >= 15 is 0 Å². The maximum atomic E-state index is 4.55. The van der Waals surface area contributed by atoms with Crippen LogP contribution in [0, 0.1) is 0 Å². The fraction of sp³-hybridized carbons (Fsp3) is 1.00. The Bertz CT molecular complexity index is 98.5. The lowest BCUT2D eigenvalue weighted by molar-refractivity contribution is 0.646. The molecule has 0 aromatic rings. The normalized spacial score (nSPS) is 27.0. The molecule has 0 amide bonds. The Morgan fingerprint density at radius 3 is 2.33 bits per heavy atom. The van der Waals surface area contributed by atoms with Crippen molar-refractivity contribution in [2.24, 2.45) is 0 Å². The highest BCUT2D eigenvalue weighted by atomic mass is 32.2. The summed E-state index contributed by atoms with van der Waals surface area (Å²) in [7, 11) is 0. The van der Waals surface area contributed by atoms with Crippen LogP contribution in [0.5, 0.6) is 0 Å². The van der Waals surface area contributed by atoms with Crippen molar-refractivity contribution < 1.29 is 0 Å². The zero-order valence-corrected chi connectivity index (χ0v) is 8.11. The van der Waals surface area contributed by atoms with E-state index in [0.717, 1.165) is 6.42 Å². The summed E-state index contributed by atoms with van der Waals surface area (Å²) < 4.78 is 0.253. The Morgan fingerprint density at radius 1 is 1.67 bits per heavy atom. The topological polar surface area (TPSA) is 0 Å². The van der Waals surface area contributed by atoms with Gasteiger partial charge in [-0.2, -0.15) is 37.0 Å². The van der Waals surface area contributed by atoms with Gasteiger partial charge in [-0.25, -0.2) is 0 Å². The molecule has 0 radical (unpaired) electrons. The molecule has 0 aliphatic carbocycles. The summed E-state index contributed by atoms with van der Waals surface area (Å²) in [6, 6.07) is 0. The fourth-order valence-corrected chi connectivity index (χ4v) is 3.07. The molecule has 1 aliphatic rings. The van der Waals surface area contributed by atoms with Crippen LogP contribution in [0.2, 0.25) is 0 Å². The standard InChI is InChI=1S/C6H12S3/c1-2-5(7)6(8)3-9-4-6/h5,7-8H,2-4H2,1H3. The number of hydrogen-bond acceptors (Lipinski definition) is 3. The van der Waals surface area contributed by atoms with Crippen molar-refractivity contribution in [2.75, 3.05) is 11.5 Å². The van der Waals surface area contributed by atoms with E-state index in [9.17, 15) is 0 Å². The van der Waals surface area contributed by atoms with Gasteiger partial charge in [0, 0.05) is 21.5 Å². The largest absolute Gasteiger partial charge is 0.174 e. The first-order valence-electron chi connectivity index (χ1n) is 3.17. The van der Waals surface area contributed by atoms with E-state index in [1.807, 2.05) is 11.8 Å². The van der Waals surface area contributed by atoms with Gasteiger partial charge in [-0.3, -0.25) is 0 Å². The third-order valence-corrected chi connectivity index (χ3v) is 5.27. The quantitative estimate of drug-likeness (QED) is 0.614. The lowest BCUT2D eigenvalue weighted by atomic mass is 10.1. The molecule has 0 aromatic heterocycles. The highest BCUT2D eigenvalue weighted by Crippen LogP contribution is 2.41. The monoisotopic (exact) mass is 180 g/mol. The number of rotatable bonds is 2. The van der Waals surface area contributed by atoms with Gasteiger partial charge in [0.05, 0.1) is 0 Å². The van der Waals surface area contributed by atoms with E-state index in [1.54, 1.807) is 0 Å². The molecule has 0 nitrogen and oxygen atoms in total. The summed E-state index contributed by atoms with van der Waals surface area (Å²) in [6.45, 7) is 2.17. The van der Waals surface area contributed by atoms with Crippen LogP contribution < -0.4 is 0 Å². The molecule has 1 unspecified atom stereocenters. The summed E-state index contributed by atoms with van der Waals surface area (Å²) in [5.41, 5.74) is 0. The molecule has 1 heterocycles. The molecule has 9 heavy (non-hydrogen) atoms. The van der Waals surface area contributed by atoms with Gasteiger partial charge in [-0.05, 0) is 6.42 Å². The Labute approximate surface area is 72.0 Å². The van der Waals surface area contributed by atoms with Crippen molar-refractivity contribution in [2.45, 2.75) is 23.3 Å². The van der Waals surface area contributed by atoms with E-state index < -0.39 is 0 Å². The van der Waals surface area contributed by atoms with Crippen molar-refractivity contribution in [3.63, 3.8) is 0 Å². The minimum atomic E-state index is 0.253. The Hall–Kier alpha value is 1.05. The van der Waals surface area contributed by atoms with Gasteiger partial charge in [-0.1, -0.05) is 6.92 Å². The van der Waals surface area contributed by atoms with Gasteiger partial charge < -0.3 is 0 Å². The van der Waals surface area contributed by atoms with Crippen LogP contribution >= 0.6 is 37.0 Å². The minimum absolute atomic E-state index is 0.253. The lowest BCUT2D eigenvalue weighted by Gasteiger charge is -2.40. The van der Waals surface area contributed by atoms with Crippen LogP contribution in [-0.4, -0.2) is 21.5 Å². The number of hydrogen-bond donors (Lipinski definition) is 2. The molecule has 1 rings (SSSR count). The van der Waals surface area contributed by atoms with Gasteiger partial charge in [0.2, 0.25) is 0 Å². The van der Waals surface area contributed by atoms with Gasteiger partial charge in [0.15, 0.2) is 0 Å². The molecular weight excluding hydrogens is 168 g/mol. The predicted octanol–water partition coefficient (Wildman–Crippen LogP) is 2.11. The number of thiol groups is 2. The highest BCUT2D eigenvalue weighted by Gasteiger charge is 2.38. The van der Waals surface area contributed by atoms with Gasteiger partial charge >= 0.3 is 0 Å². The molecule has 1 atom stereocenters. The molecule has 0 spiro atoms. The second-order valence-electron chi connectivity index (χ2n) is 2.52. The van der Waals surface area contributed by atoms with Crippen molar-refractivity contribution in [3.8, 4) is 0 Å². The zero-order valence-electron chi connectivity index (χ0n) is 5.50. The summed E-state index contributed by atoms with van der Waals surface area (Å²) in [6.07, 6.45) is 1.13. The third kappa shape index (κ3) is 1.55. The van der Waals surface area contributed by atoms with Gasteiger partial charge in [0.25, 0.3) is 0 Å². The average Bonchev–Trinajstić information content (AvgIpc) is 1.81. The first kappa shape index (κ1) is 8.15. The van der Waals surface area contributed by atoms with Crippen molar-refractivity contribution >= 4 is 37.0 Å². The minimum Gasteiger partial charge on any atom is -0.174 e. The van der Waals surface area contributed by atoms with E-state index in [4.69, 9.17) is 0 Å². The highest BCUT2D eigenvalue weighted by molar-refractivity contribution is 8.03. The van der Waals surface area contributed by atoms with Gasteiger partial charge in [0.1, 0.15) is 0 Å². The van der Waals surface area contributed by atoms with Crippen LogP contribution in [0.1, 0.15) is 13.3 Å². The van der Waals surface area contributed by atoms with Crippen LogP contribution in [0.25, 0.3) is 0 Å². The van der Waals surface area contributed by atoms with Crippen LogP contribution in [0.3, 0.4) is 0 Å². The second kappa shape index (κ2) is 2.97. The molecule has 54 valence electrons. The molecule has 0 saturated carbocycles. The van der Waals surface area contributed by atoms with Crippen LogP contribution in [0.15, 0.2) is 0 Å². The maximum absolute atomic E-state index is 4.55. The Morgan fingerprint density at radius 2 is 2.22 bits per heavy atom. The SMILES string of the molecule is CCC(S)C1(S)CSC1. The van der Waals surface area contributed by atoms with Crippen molar-refractivity contribution in [3.05, 3.63) is 0 Å². The molecule has 0 bridgehead atoms. The number of thioether (sulfide) groups is 1. The lowest BCUT2D eigenvalue weighted by Crippen LogP contribution is -2.45.